The van der Waals surface area contributed by atoms with Gasteiger partial charge in [-0.05, 0) is 85.7 Å². The molecule has 2 heterocycles. The highest BCUT2D eigenvalue weighted by atomic mass is 32.1. The van der Waals surface area contributed by atoms with Crippen LogP contribution in [0.2, 0.25) is 0 Å². The molecule has 1 fully saturated rings. The van der Waals surface area contributed by atoms with Crippen molar-refractivity contribution < 1.29 is 19.4 Å². The molecule has 1 N–H and O–H groups in total. The maximum atomic E-state index is 13.2. The summed E-state index contributed by atoms with van der Waals surface area (Å²) in [6, 6.07) is 14.1. The highest BCUT2D eigenvalue weighted by molar-refractivity contribution is 7.10. The number of thiophene rings is 1. The van der Waals surface area contributed by atoms with Crippen molar-refractivity contribution in [2.24, 2.45) is 0 Å². The van der Waals surface area contributed by atoms with Crippen molar-refractivity contribution in [3.8, 4) is 5.75 Å². The van der Waals surface area contributed by atoms with Gasteiger partial charge in [-0.25, -0.2) is 0 Å². The molecule has 1 unspecified atom stereocenters. The summed E-state index contributed by atoms with van der Waals surface area (Å²) in [7, 11) is 0. The average Bonchev–Trinajstić information content (AvgIpc) is 3.41. The highest BCUT2D eigenvalue weighted by Gasteiger charge is 2.47. The fraction of sp³-hybridized carbons (Fsp3) is 0.259. The SMILES string of the molecule is CCCOc1ccc(/C(O)=C2/C(=O)C(=O)N(c3ccc(C)c(C)c3)C2c2cccs2)cc1C. The van der Waals surface area contributed by atoms with Crippen LogP contribution in [0, 0.1) is 20.8 Å². The van der Waals surface area contributed by atoms with E-state index in [-0.39, 0.29) is 11.3 Å². The van der Waals surface area contributed by atoms with Gasteiger partial charge in [0.25, 0.3) is 11.7 Å². The fourth-order valence-corrected chi connectivity index (χ4v) is 4.84. The normalized spacial score (nSPS) is 17.6. The van der Waals surface area contributed by atoms with E-state index in [0.29, 0.717) is 17.9 Å². The Hall–Kier alpha value is -3.38. The topological polar surface area (TPSA) is 66.8 Å². The quantitative estimate of drug-likeness (QED) is 0.274. The zero-order valence-corrected chi connectivity index (χ0v) is 20.0. The zero-order chi connectivity index (χ0) is 23.7. The number of aryl methyl sites for hydroxylation is 3. The van der Waals surface area contributed by atoms with Gasteiger partial charge in [-0.1, -0.05) is 19.1 Å². The number of rotatable bonds is 6. The molecule has 0 radical (unpaired) electrons. The first kappa shape index (κ1) is 22.8. The molecule has 3 aromatic rings. The Kier molecular flexibility index (Phi) is 6.38. The lowest BCUT2D eigenvalue weighted by molar-refractivity contribution is -0.132. The second-order valence-electron chi connectivity index (χ2n) is 8.28. The summed E-state index contributed by atoms with van der Waals surface area (Å²) in [4.78, 5) is 28.7. The third-order valence-corrected chi connectivity index (χ3v) is 6.86. The molecule has 0 spiro atoms. The van der Waals surface area contributed by atoms with Crippen LogP contribution in [-0.2, 0) is 9.59 Å². The Balaban J connectivity index is 1.85. The van der Waals surface area contributed by atoms with Crippen LogP contribution in [0.25, 0.3) is 5.76 Å². The summed E-state index contributed by atoms with van der Waals surface area (Å²) in [5, 5.41) is 13.2. The standard InChI is InChI=1S/C27H27NO4S/c1-5-12-32-21-11-9-19(14-18(21)4)25(29)23-24(22-7-6-13-33-22)28(27(31)26(23)30)20-10-8-16(2)17(3)15-20/h6-11,13-15,24,29H,5,12H2,1-4H3/b25-23-. The first-order valence-corrected chi connectivity index (χ1v) is 11.9. The molecular weight excluding hydrogens is 434 g/mol. The summed E-state index contributed by atoms with van der Waals surface area (Å²) in [6.07, 6.45) is 0.893. The largest absolute Gasteiger partial charge is 0.507 e. The van der Waals surface area contributed by atoms with E-state index < -0.39 is 17.7 Å². The van der Waals surface area contributed by atoms with Crippen molar-refractivity contribution in [3.63, 3.8) is 0 Å². The molecule has 2 aromatic carbocycles. The van der Waals surface area contributed by atoms with Crippen LogP contribution >= 0.6 is 11.3 Å². The van der Waals surface area contributed by atoms with Crippen molar-refractivity contribution >= 4 is 34.5 Å². The number of nitrogens with zero attached hydrogens (tertiary/aromatic N) is 1. The van der Waals surface area contributed by atoms with Crippen LogP contribution in [0.15, 0.2) is 59.5 Å². The average molecular weight is 462 g/mol. The van der Waals surface area contributed by atoms with Crippen LogP contribution < -0.4 is 9.64 Å². The molecule has 33 heavy (non-hydrogen) atoms. The minimum absolute atomic E-state index is 0.0994. The van der Waals surface area contributed by atoms with Crippen LogP contribution in [0.1, 0.15) is 46.5 Å². The number of aliphatic hydroxyl groups is 1. The van der Waals surface area contributed by atoms with E-state index >= 15 is 0 Å². The number of ketones is 1. The summed E-state index contributed by atoms with van der Waals surface area (Å²) >= 11 is 1.45. The molecule has 1 aliphatic heterocycles. The summed E-state index contributed by atoms with van der Waals surface area (Å²) in [6.45, 7) is 8.51. The number of carbonyl (C=O) groups excluding carboxylic acids is 2. The van der Waals surface area contributed by atoms with E-state index in [9.17, 15) is 14.7 Å². The lowest BCUT2D eigenvalue weighted by atomic mass is 9.98. The maximum Gasteiger partial charge on any atom is 0.300 e. The molecule has 1 atom stereocenters. The van der Waals surface area contributed by atoms with E-state index in [1.165, 1.54) is 16.2 Å². The molecule has 170 valence electrons. The number of hydrogen-bond donors (Lipinski definition) is 1. The van der Waals surface area contributed by atoms with E-state index in [4.69, 9.17) is 4.74 Å². The maximum absolute atomic E-state index is 13.2. The molecule has 4 rings (SSSR count). The van der Waals surface area contributed by atoms with Gasteiger partial charge >= 0.3 is 0 Å². The Morgan fingerprint density at radius 2 is 1.82 bits per heavy atom. The van der Waals surface area contributed by atoms with Gasteiger partial charge in [0, 0.05) is 16.1 Å². The molecule has 1 amide bonds. The second-order valence-corrected chi connectivity index (χ2v) is 9.26. The van der Waals surface area contributed by atoms with E-state index in [1.807, 2.05) is 63.4 Å². The predicted octanol–water partition coefficient (Wildman–Crippen LogP) is 6.09. The lowest BCUT2D eigenvalue weighted by Gasteiger charge is -2.25. The summed E-state index contributed by atoms with van der Waals surface area (Å²) in [5.41, 5.74) is 4.19. The van der Waals surface area contributed by atoms with Crippen molar-refractivity contribution in [1.29, 1.82) is 0 Å². The van der Waals surface area contributed by atoms with Gasteiger partial charge in [-0.2, -0.15) is 0 Å². The third kappa shape index (κ3) is 4.18. The van der Waals surface area contributed by atoms with Gasteiger partial charge in [0.2, 0.25) is 0 Å². The number of aliphatic hydroxyl groups excluding tert-OH is 1. The number of carbonyl (C=O) groups is 2. The Morgan fingerprint density at radius 3 is 2.45 bits per heavy atom. The molecule has 6 heteroatoms. The molecule has 1 aliphatic rings. The predicted molar refractivity (Wildman–Crippen MR) is 132 cm³/mol. The van der Waals surface area contributed by atoms with E-state index in [1.54, 1.807) is 18.2 Å². The number of benzene rings is 2. The number of anilines is 1. The molecule has 0 bridgehead atoms. The minimum Gasteiger partial charge on any atom is -0.507 e. The zero-order valence-electron chi connectivity index (χ0n) is 19.2. The van der Waals surface area contributed by atoms with Crippen molar-refractivity contribution in [2.45, 2.75) is 40.2 Å². The number of Topliss-reactive ketones (excluding diaryl/α,β-unsaturated/α-hetero) is 1. The van der Waals surface area contributed by atoms with E-state index in [2.05, 4.69) is 0 Å². The van der Waals surface area contributed by atoms with Gasteiger partial charge in [-0.3, -0.25) is 14.5 Å². The van der Waals surface area contributed by atoms with Crippen molar-refractivity contribution in [1.82, 2.24) is 0 Å². The highest BCUT2D eigenvalue weighted by Crippen LogP contribution is 2.44. The smallest absolute Gasteiger partial charge is 0.300 e. The third-order valence-electron chi connectivity index (χ3n) is 5.94. The first-order chi connectivity index (χ1) is 15.8. The number of hydrogen-bond acceptors (Lipinski definition) is 5. The van der Waals surface area contributed by atoms with Gasteiger partial charge in [-0.15, -0.1) is 11.3 Å². The van der Waals surface area contributed by atoms with Crippen LogP contribution in [-0.4, -0.2) is 23.4 Å². The van der Waals surface area contributed by atoms with Gasteiger partial charge in [0.15, 0.2) is 0 Å². The van der Waals surface area contributed by atoms with Crippen molar-refractivity contribution in [2.75, 3.05) is 11.5 Å². The summed E-state index contributed by atoms with van der Waals surface area (Å²) < 4.78 is 5.73. The van der Waals surface area contributed by atoms with Crippen LogP contribution in [0.3, 0.4) is 0 Å². The van der Waals surface area contributed by atoms with Crippen LogP contribution in [0.5, 0.6) is 5.75 Å². The molecular formula is C27H27NO4S. The second kappa shape index (κ2) is 9.24. The Morgan fingerprint density at radius 1 is 1.03 bits per heavy atom. The van der Waals surface area contributed by atoms with Gasteiger partial charge < -0.3 is 9.84 Å². The lowest BCUT2D eigenvalue weighted by Crippen LogP contribution is -2.29. The molecule has 0 saturated carbocycles. The van der Waals surface area contributed by atoms with Gasteiger partial charge in [0.05, 0.1) is 12.2 Å². The Bertz CT molecular complexity index is 1240. The van der Waals surface area contributed by atoms with Crippen LogP contribution in [0.4, 0.5) is 5.69 Å². The first-order valence-electron chi connectivity index (χ1n) is 11.0. The number of ether oxygens (including phenoxy) is 1. The molecule has 0 aliphatic carbocycles. The molecule has 5 nitrogen and oxygen atoms in total. The number of amides is 1. The van der Waals surface area contributed by atoms with Crippen molar-refractivity contribution in [3.05, 3.63) is 86.6 Å². The molecule has 1 saturated heterocycles. The van der Waals surface area contributed by atoms with E-state index in [0.717, 1.165) is 33.7 Å². The Labute approximate surface area is 197 Å². The fourth-order valence-electron chi connectivity index (χ4n) is 4.02. The van der Waals surface area contributed by atoms with Gasteiger partial charge in [0.1, 0.15) is 17.6 Å². The molecule has 1 aromatic heterocycles. The monoisotopic (exact) mass is 461 g/mol. The minimum atomic E-state index is -0.691. The summed E-state index contributed by atoms with van der Waals surface area (Å²) in [5.74, 6) is -0.770.